The first-order valence-corrected chi connectivity index (χ1v) is 8.70. The van der Waals surface area contributed by atoms with Crippen molar-refractivity contribution >= 4 is 48.9 Å². The number of nitrogens with two attached hydrogens (primary N) is 1. The predicted molar refractivity (Wildman–Crippen MR) is 90.3 cm³/mol. The molecule has 21 heavy (non-hydrogen) atoms. The molecule has 0 radical (unpaired) electrons. The van der Waals surface area contributed by atoms with Gasteiger partial charge in [0, 0.05) is 4.47 Å². The van der Waals surface area contributed by atoms with E-state index in [9.17, 15) is 8.42 Å². The highest BCUT2D eigenvalue weighted by Crippen LogP contribution is 2.28. The van der Waals surface area contributed by atoms with E-state index in [1.807, 2.05) is 13.0 Å². The summed E-state index contributed by atoms with van der Waals surface area (Å²) in [6, 6.07) is 8.24. The highest BCUT2D eigenvalue weighted by molar-refractivity contribution is 9.10. The Balaban J connectivity index is 2.45. The summed E-state index contributed by atoms with van der Waals surface area (Å²) < 4.78 is 28.3. The van der Waals surface area contributed by atoms with Gasteiger partial charge in [0.1, 0.15) is 0 Å². The van der Waals surface area contributed by atoms with E-state index in [0.717, 1.165) is 10.0 Å². The lowest BCUT2D eigenvalue weighted by molar-refractivity contribution is 0.600. The van der Waals surface area contributed by atoms with Crippen LogP contribution >= 0.6 is 27.5 Å². The fourth-order valence-electron chi connectivity index (χ4n) is 1.96. The molecule has 3 N–H and O–H groups in total. The van der Waals surface area contributed by atoms with Crippen LogP contribution in [0.15, 0.2) is 39.7 Å². The van der Waals surface area contributed by atoms with Crippen LogP contribution < -0.4 is 10.5 Å². The topological polar surface area (TPSA) is 72.2 Å². The zero-order valence-electron chi connectivity index (χ0n) is 11.4. The number of hydrogen-bond acceptors (Lipinski definition) is 3. The molecule has 2 rings (SSSR count). The molecule has 0 bridgehead atoms. The summed E-state index contributed by atoms with van der Waals surface area (Å²) in [5.41, 5.74) is 7.88. The van der Waals surface area contributed by atoms with Gasteiger partial charge in [-0.1, -0.05) is 27.5 Å². The standard InChI is InChI=1S/C14H14BrClN2O2S/c1-8-3-10(15)6-11(4-8)18-21(19,20)14-7-13(17)12(16)5-9(14)2/h3-7,18H,17H2,1-2H3. The number of hydrogen-bond donors (Lipinski definition) is 2. The van der Waals surface area contributed by atoms with Crippen molar-refractivity contribution in [2.75, 3.05) is 10.5 Å². The Morgan fingerprint density at radius 1 is 1.14 bits per heavy atom. The molecule has 0 unspecified atom stereocenters. The van der Waals surface area contributed by atoms with E-state index in [1.165, 1.54) is 12.1 Å². The summed E-state index contributed by atoms with van der Waals surface area (Å²) in [4.78, 5) is 0.113. The predicted octanol–water partition coefficient (Wildman–Crippen LogP) is 4.10. The molecule has 0 aliphatic heterocycles. The minimum absolute atomic E-state index is 0.113. The van der Waals surface area contributed by atoms with Crippen LogP contribution in [0.25, 0.3) is 0 Å². The van der Waals surface area contributed by atoms with Crippen LogP contribution in [-0.2, 0) is 10.0 Å². The molecule has 0 fully saturated rings. The van der Waals surface area contributed by atoms with Gasteiger partial charge in [0.25, 0.3) is 10.0 Å². The molecule has 0 aromatic heterocycles. The SMILES string of the molecule is Cc1cc(Br)cc(NS(=O)(=O)c2cc(N)c(Cl)cc2C)c1. The lowest BCUT2D eigenvalue weighted by atomic mass is 10.2. The summed E-state index contributed by atoms with van der Waals surface area (Å²) in [6.45, 7) is 3.56. The van der Waals surface area contributed by atoms with Gasteiger partial charge in [-0.05, 0) is 55.3 Å². The maximum atomic E-state index is 12.5. The second kappa shape index (κ2) is 5.87. The quantitative estimate of drug-likeness (QED) is 0.776. The number of sulfonamides is 1. The molecule has 2 aromatic rings. The molecule has 7 heteroatoms. The van der Waals surface area contributed by atoms with Crippen LogP contribution in [0.4, 0.5) is 11.4 Å². The highest BCUT2D eigenvalue weighted by atomic mass is 79.9. The van der Waals surface area contributed by atoms with Gasteiger partial charge < -0.3 is 5.73 Å². The summed E-state index contributed by atoms with van der Waals surface area (Å²) in [6.07, 6.45) is 0. The Morgan fingerprint density at radius 3 is 2.43 bits per heavy atom. The van der Waals surface area contributed by atoms with E-state index in [-0.39, 0.29) is 10.6 Å². The van der Waals surface area contributed by atoms with Crippen LogP contribution in [-0.4, -0.2) is 8.42 Å². The van der Waals surface area contributed by atoms with Crippen molar-refractivity contribution in [1.29, 1.82) is 0 Å². The molecule has 0 heterocycles. The largest absolute Gasteiger partial charge is 0.397 e. The van der Waals surface area contributed by atoms with Crippen LogP contribution in [0.2, 0.25) is 5.02 Å². The summed E-state index contributed by atoms with van der Waals surface area (Å²) in [5.74, 6) is 0. The van der Waals surface area contributed by atoms with E-state index in [4.69, 9.17) is 17.3 Å². The van der Waals surface area contributed by atoms with Gasteiger partial charge in [-0.2, -0.15) is 0 Å². The van der Waals surface area contributed by atoms with Crippen molar-refractivity contribution < 1.29 is 8.42 Å². The van der Waals surface area contributed by atoms with Crippen molar-refractivity contribution in [1.82, 2.24) is 0 Å². The van der Waals surface area contributed by atoms with Crippen molar-refractivity contribution in [3.8, 4) is 0 Å². The third kappa shape index (κ3) is 3.70. The van der Waals surface area contributed by atoms with Crippen molar-refractivity contribution in [3.05, 3.63) is 51.0 Å². The molecule has 2 aromatic carbocycles. The van der Waals surface area contributed by atoms with Crippen LogP contribution in [0.3, 0.4) is 0 Å². The fraction of sp³-hybridized carbons (Fsp3) is 0.143. The molecule has 0 saturated carbocycles. The number of halogens is 2. The fourth-order valence-corrected chi connectivity index (χ4v) is 4.09. The summed E-state index contributed by atoms with van der Waals surface area (Å²) in [7, 11) is -3.73. The van der Waals surface area contributed by atoms with Gasteiger partial charge in [-0.25, -0.2) is 8.42 Å². The van der Waals surface area contributed by atoms with E-state index in [1.54, 1.807) is 19.1 Å². The second-order valence-electron chi connectivity index (χ2n) is 4.76. The summed E-state index contributed by atoms with van der Waals surface area (Å²) in [5, 5.41) is 0.338. The maximum absolute atomic E-state index is 12.5. The molecule has 112 valence electrons. The third-order valence-electron chi connectivity index (χ3n) is 2.88. The van der Waals surface area contributed by atoms with Crippen LogP contribution in [0, 0.1) is 13.8 Å². The van der Waals surface area contributed by atoms with E-state index < -0.39 is 10.0 Å². The number of nitrogen functional groups attached to an aromatic ring is 1. The minimum Gasteiger partial charge on any atom is -0.397 e. The summed E-state index contributed by atoms with van der Waals surface area (Å²) >= 11 is 9.23. The van der Waals surface area contributed by atoms with E-state index in [0.29, 0.717) is 16.3 Å². The van der Waals surface area contributed by atoms with Crippen molar-refractivity contribution in [2.24, 2.45) is 0 Å². The Morgan fingerprint density at radius 2 is 1.81 bits per heavy atom. The third-order valence-corrected chi connectivity index (χ3v) is 5.19. The van der Waals surface area contributed by atoms with Crippen LogP contribution in [0.5, 0.6) is 0 Å². The maximum Gasteiger partial charge on any atom is 0.262 e. The Labute approximate surface area is 137 Å². The number of rotatable bonds is 3. The Hall–Kier alpha value is -1.24. The number of benzene rings is 2. The average Bonchev–Trinajstić information content (AvgIpc) is 2.31. The number of aryl methyl sites for hydroxylation is 2. The lowest BCUT2D eigenvalue weighted by Gasteiger charge is -2.12. The molecular formula is C14H14BrClN2O2S. The molecule has 0 aliphatic rings. The minimum atomic E-state index is -3.73. The van der Waals surface area contributed by atoms with Crippen molar-refractivity contribution in [2.45, 2.75) is 18.7 Å². The van der Waals surface area contributed by atoms with Crippen LogP contribution in [0.1, 0.15) is 11.1 Å². The molecule has 0 atom stereocenters. The first-order chi connectivity index (χ1) is 9.69. The monoisotopic (exact) mass is 388 g/mol. The zero-order valence-corrected chi connectivity index (χ0v) is 14.6. The Kier molecular flexibility index (Phi) is 4.51. The highest BCUT2D eigenvalue weighted by Gasteiger charge is 2.19. The van der Waals surface area contributed by atoms with Gasteiger partial charge in [0.05, 0.1) is 21.3 Å². The normalized spacial score (nSPS) is 11.4. The Bertz CT molecular complexity index is 787. The molecule has 4 nitrogen and oxygen atoms in total. The second-order valence-corrected chi connectivity index (χ2v) is 7.74. The molecule has 0 spiro atoms. The number of anilines is 2. The first kappa shape index (κ1) is 16.1. The molecule has 0 saturated heterocycles. The smallest absolute Gasteiger partial charge is 0.262 e. The van der Waals surface area contributed by atoms with Gasteiger partial charge in [0.15, 0.2) is 0 Å². The van der Waals surface area contributed by atoms with E-state index >= 15 is 0 Å². The molecule has 0 aliphatic carbocycles. The van der Waals surface area contributed by atoms with Gasteiger partial charge in [0.2, 0.25) is 0 Å². The zero-order chi connectivity index (χ0) is 15.8. The lowest BCUT2D eigenvalue weighted by Crippen LogP contribution is -2.15. The molecular weight excluding hydrogens is 376 g/mol. The van der Waals surface area contributed by atoms with Gasteiger partial charge >= 0.3 is 0 Å². The van der Waals surface area contributed by atoms with E-state index in [2.05, 4.69) is 20.7 Å². The first-order valence-electron chi connectivity index (χ1n) is 6.04. The van der Waals surface area contributed by atoms with Gasteiger partial charge in [-0.15, -0.1) is 0 Å². The van der Waals surface area contributed by atoms with Crippen molar-refractivity contribution in [3.63, 3.8) is 0 Å². The van der Waals surface area contributed by atoms with Gasteiger partial charge in [-0.3, -0.25) is 4.72 Å². The average molecular weight is 390 g/mol. The number of nitrogens with one attached hydrogen (secondary N) is 1. The molecule has 0 amide bonds.